The molecular weight excluding hydrogens is 277 g/mol. The van der Waals surface area contributed by atoms with Crippen molar-refractivity contribution in [2.24, 2.45) is 17.8 Å². The first-order chi connectivity index (χ1) is 9.68. The summed E-state index contributed by atoms with van der Waals surface area (Å²) in [4.78, 5) is 0. The molecule has 1 aliphatic rings. The van der Waals surface area contributed by atoms with Crippen molar-refractivity contribution in [3.8, 4) is 0 Å². The van der Waals surface area contributed by atoms with Crippen LogP contribution in [0.4, 0.5) is 13.2 Å². The van der Waals surface area contributed by atoms with Gasteiger partial charge in [0, 0.05) is 5.41 Å². The number of alkyl halides is 3. The van der Waals surface area contributed by atoms with E-state index in [1.807, 2.05) is 13.8 Å². The van der Waals surface area contributed by atoms with Gasteiger partial charge in [0.25, 0.3) is 0 Å². The van der Waals surface area contributed by atoms with Crippen LogP contribution < -0.4 is 0 Å². The molecule has 1 saturated carbocycles. The van der Waals surface area contributed by atoms with Crippen molar-refractivity contribution in [1.29, 1.82) is 0 Å². The van der Waals surface area contributed by atoms with Gasteiger partial charge in [-0.15, -0.1) is 0 Å². The first-order valence-corrected chi connectivity index (χ1v) is 7.48. The summed E-state index contributed by atoms with van der Waals surface area (Å²) in [5, 5.41) is 10.4. The number of benzene rings is 1. The highest BCUT2D eigenvalue weighted by Crippen LogP contribution is 2.53. The topological polar surface area (TPSA) is 20.2 Å². The smallest absolute Gasteiger partial charge is 0.392 e. The van der Waals surface area contributed by atoms with Gasteiger partial charge in [0.2, 0.25) is 0 Å². The Morgan fingerprint density at radius 2 is 1.76 bits per heavy atom. The number of aliphatic hydroxyl groups excluding tert-OH is 1. The van der Waals surface area contributed by atoms with Gasteiger partial charge in [0.15, 0.2) is 0 Å². The van der Waals surface area contributed by atoms with E-state index in [1.165, 1.54) is 0 Å². The molecule has 0 amide bonds. The molecule has 1 aromatic rings. The molecule has 0 radical (unpaired) electrons. The van der Waals surface area contributed by atoms with Crippen LogP contribution in [0.1, 0.15) is 39.2 Å². The maximum Gasteiger partial charge on any atom is 0.395 e. The van der Waals surface area contributed by atoms with Crippen LogP contribution in [0.5, 0.6) is 0 Å². The number of hydrogen-bond acceptors (Lipinski definition) is 1. The molecule has 118 valence electrons. The third kappa shape index (κ3) is 2.96. The number of rotatable bonds is 2. The normalized spacial score (nSPS) is 34.2. The Kier molecular flexibility index (Phi) is 4.39. The molecule has 4 heteroatoms. The molecule has 4 unspecified atom stereocenters. The minimum atomic E-state index is -4.41. The van der Waals surface area contributed by atoms with E-state index in [0.717, 1.165) is 0 Å². The molecule has 1 nitrogen and oxygen atoms in total. The monoisotopic (exact) mass is 300 g/mol. The second-order valence-electron chi connectivity index (χ2n) is 6.74. The first-order valence-electron chi connectivity index (χ1n) is 7.48. The molecule has 0 spiro atoms. The Hall–Kier alpha value is -1.03. The van der Waals surface area contributed by atoms with Gasteiger partial charge in [0.05, 0.1) is 12.0 Å². The molecule has 2 rings (SSSR count). The van der Waals surface area contributed by atoms with E-state index in [-0.39, 0.29) is 11.8 Å². The van der Waals surface area contributed by atoms with Crippen LogP contribution in [0, 0.1) is 17.8 Å². The highest BCUT2D eigenvalue weighted by Gasteiger charge is 2.59. The minimum Gasteiger partial charge on any atom is -0.392 e. The zero-order valence-corrected chi connectivity index (χ0v) is 12.7. The summed E-state index contributed by atoms with van der Waals surface area (Å²) in [5.41, 5.74) is -0.404. The molecule has 0 bridgehead atoms. The van der Waals surface area contributed by atoms with Crippen LogP contribution in [-0.2, 0) is 5.41 Å². The Labute approximate surface area is 124 Å². The number of halogens is 3. The Balaban J connectivity index is 2.46. The predicted molar refractivity (Wildman–Crippen MR) is 76.9 cm³/mol. The van der Waals surface area contributed by atoms with Crippen LogP contribution in [0.2, 0.25) is 0 Å². The summed E-state index contributed by atoms with van der Waals surface area (Å²) in [6, 6.07) is 8.79. The summed E-state index contributed by atoms with van der Waals surface area (Å²) in [6.07, 6.45) is -4.68. The summed E-state index contributed by atoms with van der Waals surface area (Å²) < 4.78 is 40.9. The lowest BCUT2D eigenvalue weighted by molar-refractivity contribution is -0.239. The SMILES string of the molecule is CC(C)C1CCC(C)(c2ccccc2)C(C(F)(F)F)C1O. The zero-order chi connectivity index (χ0) is 15.8. The lowest BCUT2D eigenvalue weighted by Crippen LogP contribution is -2.55. The Morgan fingerprint density at radius 1 is 1.19 bits per heavy atom. The van der Waals surface area contributed by atoms with Gasteiger partial charge < -0.3 is 5.11 Å². The average Bonchev–Trinajstić information content (AvgIpc) is 2.37. The van der Waals surface area contributed by atoms with Gasteiger partial charge in [-0.1, -0.05) is 51.1 Å². The quantitative estimate of drug-likeness (QED) is 0.849. The summed E-state index contributed by atoms with van der Waals surface area (Å²) >= 11 is 0. The summed E-state index contributed by atoms with van der Waals surface area (Å²) in [6.45, 7) is 5.40. The highest BCUT2D eigenvalue weighted by molar-refractivity contribution is 5.28. The number of aliphatic hydroxyl groups is 1. The maximum atomic E-state index is 13.6. The second-order valence-corrected chi connectivity index (χ2v) is 6.74. The highest BCUT2D eigenvalue weighted by atomic mass is 19.4. The van der Waals surface area contributed by atoms with Gasteiger partial charge in [-0.3, -0.25) is 0 Å². The van der Waals surface area contributed by atoms with Crippen molar-refractivity contribution in [2.75, 3.05) is 0 Å². The van der Waals surface area contributed by atoms with Crippen LogP contribution in [-0.4, -0.2) is 17.4 Å². The molecule has 0 heterocycles. The first kappa shape index (κ1) is 16.3. The molecule has 1 aromatic carbocycles. The zero-order valence-electron chi connectivity index (χ0n) is 12.7. The molecular formula is C17H23F3O. The molecule has 0 saturated heterocycles. The third-order valence-corrected chi connectivity index (χ3v) is 5.11. The van der Waals surface area contributed by atoms with E-state index >= 15 is 0 Å². The van der Waals surface area contributed by atoms with E-state index in [2.05, 4.69) is 0 Å². The molecule has 4 atom stereocenters. The van der Waals surface area contributed by atoms with Gasteiger partial charge in [0.1, 0.15) is 0 Å². The van der Waals surface area contributed by atoms with Crippen molar-refractivity contribution in [3.63, 3.8) is 0 Å². The maximum absolute atomic E-state index is 13.6. The molecule has 1 fully saturated rings. The van der Waals surface area contributed by atoms with E-state index in [9.17, 15) is 18.3 Å². The second kappa shape index (κ2) is 5.64. The predicted octanol–water partition coefficient (Wildman–Crippen LogP) is 4.55. The Bertz CT molecular complexity index is 469. The van der Waals surface area contributed by atoms with Crippen molar-refractivity contribution in [2.45, 2.75) is 51.3 Å². The lowest BCUT2D eigenvalue weighted by Gasteiger charge is -2.49. The van der Waals surface area contributed by atoms with Crippen molar-refractivity contribution < 1.29 is 18.3 Å². The van der Waals surface area contributed by atoms with Crippen LogP contribution in [0.3, 0.4) is 0 Å². The third-order valence-electron chi connectivity index (χ3n) is 5.11. The minimum absolute atomic E-state index is 0.0465. The van der Waals surface area contributed by atoms with Gasteiger partial charge in [-0.25, -0.2) is 0 Å². The van der Waals surface area contributed by atoms with Crippen LogP contribution in [0.25, 0.3) is 0 Å². The lowest BCUT2D eigenvalue weighted by atomic mass is 9.58. The van der Waals surface area contributed by atoms with Gasteiger partial charge in [-0.05, 0) is 30.2 Å². The van der Waals surface area contributed by atoms with Gasteiger partial charge >= 0.3 is 6.18 Å². The van der Waals surface area contributed by atoms with Crippen molar-refractivity contribution >= 4 is 0 Å². The molecule has 1 aliphatic carbocycles. The van der Waals surface area contributed by atoms with E-state index in [4.69, 9.17) is 0 Å². The van der Waals surface area contributed by atoms with Crippen LogP contribution >= 0.6 is 0 Å². The molecule has 21 heavy (non-hydrogen) atoms. The largest absolute Gasteiger partial charge is 0.395 e. The summed E-state index contributed by atoms with van der Waals surface area (Å²) in [5.74, 6) is -1.97. The number of hydrogen-bond donors (Lipinski definition) is 1. The fourth-order valence-corrected chi connectivity index (χ4v) is 3.84. The van der Waals surface area contributed by atoms with Crippen molar-refractivity contribution in [1.82, 2.24) is 0 Å². The Morgan fingerprint density at radius 3 is 2.24 bits per heavy atom. The van der Waals surface area contributed by atoms with E-state index < -0.39 is 23.6 Å². The van der Waals surface area contributed by atoms with E-state index in [1.54, 1.807) is 37.3 Å². The molecule has 0 aromatic heterocycles. The van der Waals surface area contributed by atoms with Gasteiger partial charge in [-0.2, -0.15) is 13.2 Å². The van der Waals surface area contributed by atoms with Crippen molar-refractivity contribution in [3.05, 3.63) is 35.9 Å². The fraction of sp³-hybridized carbons (Fsp3) is 0.647. The standard InChI is InChI=1S/C17H23F3O/c1-11(2)13-9-10-16(3,12-7-5-4-6-8-12)15(14(13)21)17(18,19)20/h4-8,11,13-15,21H,9-10H2,1-3H3. The molecule has 0 aliphatic heterocycles. The summed E-state index contributed by atoms with van der Waals surface area (Å²) in [7, 11) is 0. The van der Waals surface area contributed by atoms with Crippen LogP contribution in [0.15, 0.2) is 30.3 Å². The average molecular weight is 300 g/mol. The fourth-order valence-electron chi connectivity index (χ4n) is 3.84. The molecule has 1 N–H and O–H groups in total. The van der Waals surface area contributed by atoms with E-state index in [0.29, 0.717) is 18.4 Å².